The summed E-state index contributed by atoms with van der Waals surface area (Å²) >= 11 is 0. The first-order chi connectivity index (χ1) is 8.29. The van der Waals surface area contributed by atoms with Gasteiger partial charge in [-0.25, -0.2) is 9.97 Å². The van der Waals surface area contributed by atoms with Gasteiger partial charge in [0.1, 0.15) is 5.69 Å². The number of carbonyl (C=O) groups is 1. The number of anilines is 1. The van der Waals surface area contributed by atoms with Gasteiger partial charge in [0.25, 0.3) is 5.91 Å². The zero-order chi connectivity index (χ0) is 12.1. The van der Waals surface area contributed by atoms with E-state index in [4.69, 9.17) is 0 Å². The van der Waals surface area contributed by atoms with Gasteiger partial charge in [0.05, 0.1) is 0 Å². The van der Waals surface area contributed by atoms with Crippen molar-refractivity contribution >= 4 is 11.9 Å². The molecule has 1 aromatic heterocycles. The van der Waals surface area contributed by atoms with Gasteiger partial charge in [0, 0.05) is 19.3 Å². The molecule has 0 bridgehead atoms. The fourth-order valence-corrected chi connectivity index (χ4v) is 1.94. The molecule has 91 valence electrons. The Balaban J connectivity index is 2.02. The first-order valence-electron chi connectivity index (χ1n) is 5.93. The third kappa shape index (κ3) is 3.15. The van der Waals surface area contributed by atoms with Crippen LogP contribution in [0.5, 0.6) is 0 Å². The minimum absolute atomic E-state index is 0.188. The second-order valence-corrected chi connectivity index (χ2v) is 4.13. The van der Waals surface area contributed by atoms with Crippen molar-refractivity contribution in [1.82, 2.24) is 15.3 Å². The molecule has 1 aliphatic carbocycles. The van der Waals surface area contributed by atoms with E-state index in [-0.39, 0.29) is 5.91 Å². The molecule has 2 N–H and O–H groups in total. The Morgan fingerprint density at radius 2 is 2.18 bits per heavy atom. The molecule has 1 fully saturated rings. The lowest BCUT2D eigenvalue weighted by molar-refractivity contribution is 0.0958. The molecule has 1 aliphatic rings. The van der Waals surface area contributed by atoms with Crippen LogP contribution in [0, 0.1) is 6.42 Å². The molecule has 1 radical (unpaired) electrons. The summed E-state index contributed by atoms with van der Waals surface area (Å²) in [5, 5.41) is 5.83. The number of aromatic nitrogens is 2. The van der Waals surface area contributed by atoms with Gasteiger partial charge in [-0.15, -0.1) is 0 Å². The van der Waals surface area contributed by atoms with E-state index in [9.17, 15) is 4.79 Å². The van der Waals surface area contributed by atoms with E-state index in [0.717, 1.165) is 25.7 Å². The Bertz CT molecular complexity index is 388. The Morgan fingerprint density at radius 1 is 1.41 bits per heavy atom. The van der Waals surface area contributed by atoms with Gasteiger partial charge in [-0.2, -0.15) is 0 Å². The number of hydrogen-bond acceptors (Lipinski definition) is 4. The van der Waals surface area contributed by atoms with Crippen molar-refractivity contribution in [3.8, 4) is 0 Å². The van der Waals surface area contributed by atoms with Gasteiger partial charge in [-0.05, 0) is 38.2 Å². The summed E-state index contributed by atoms with van der Waals surface area (Å²) in [6.45, 7) is 0. The van der Waals surface area contributed by atoms with E-state index >= 15 is 0 Å². The predicted octanol–water partition coefficient (Wildman–Crippen LogP) is 1.39. The molecule has 0 aromatic carbocycles. The summed E-state index contributed by atoms with van der Waals surface area (Å²) in [5.74, 6) is 0.352. The van der Waals surface area contributed by atoms with Gasteiger partial charge in [0.15, 0.2) is 0 Å². The smallest absolute Gasteiger partial charge is 0.269 e. The summed E-state index contributed by atoms with van der Waals surface area (Å²) in [7, 11) is 1.59. The van der Waals surface area contributed by atoms with E-state index in [1.807, 2.05) is 0 Å². The van der Waals surface area contributed by atoms with Gasteiger partial charge < -0.3 is 10.6 Å². The molecule has 0 atom stereocenters. The van der Waals surface area contributed by atoms with Crippen LogP contribution in [0.2, 0.25) is 0 Å². The topological polar surface area (TPSA) is 66.9 Å². The lowest BCUT2D eigenvalue weighted by Gasteiger charge is -2.22. The average Bonchev–Trinajstić information content (AvgIpc) is 2.39. The van der Waals surface area contributed by atoms with Crippen LogP contribution in [0.3, 0.4) is 0 Å². The molecule has 0 unspecified atom stereocenters. The summed E-state index contributed by atoms with van der Waals surface area (Å²) in [6, 6.07) is 2.03. The highest BCUT2D eigenvalue weighted by Gasteiger charge is 2.15. The van der Waals surface area contributed by atoms with Crippen LogP contribution in [0.4, 0.5) is 5.95 Å². The fraction of sp³-hybridized carbons (Fsp3) is 0.500. The highest BCUT2D eigenvalue weighted by atomic mass is 16.1. The predicted molar refractivity (Wildman–Crippen MR) is 65.6 cm³/mol. The van der Waals surface area contributed by atoms with Gasteiger partial charge in [0.2, 0.25) is 5.95 Å². The van der Waals surface area contributed by atoms with Crippen molar-refractivity contribution in [3.63, 3.8) is 0 Å². The Hall–Kier alpha value is -1.65. The Labute approximate surface area is 101 Å². The Morgan fingerprint density at radius 3 is 2.88 bits per heavy atom. The maximum absolute atomic E-state index is 11.4. The van der Waals surface area contributed by atoms with Crippen molar-refractivity contribution in [2.75, 3.05) is 12.4 Å². The highest BCUT2D eigenvalue weighted by Crippen LogP contribution is 2.19. The number of carbonyl (C=O) groups excluding carboxylic acids is 1. The SMILES string of the molecule is CNC(=O)c1ccnc(NC2CC[CH]CC2)n1. The summed E-state index contributed by atoms with van der Waals surface area (Å²) in [4.78, 5) is 19.8. The molecule has 5 heteroatoms. The molecule has 1 heterocycles. The molecule has 0 saturated heterocycles. The Kier molecular flexibility index (Phi) is 3.90. The van der Waals surface area contributed by atoms with E-state index in [0.29, 0.717) is 17.7 Å². The number of amides is 1. The molecule has 0 aliphatic heterocycles. The molecule has 1 amide bonds. The van der Waals surface area contributed by atoms with Crippen LogP contribution >= 0.6 is 0 Å². The molecule has 2 rings (SSSR count). The third-order valence-corrected chi connectivity index (χ3v) is 2.89. The molecule has 5 nitrogen and oxygen atoms in total. The summed E-state index contributed by atoms with van der Waals surface area (Å²) in [6.07, 6.45) is 8.38. The van der Waals surface area contributed by atoms with Crippen molar-refractivity contribution < 1.29 is 4.79 Å². The van der Waals surface area contributed by atoms with Crippen molar-refractivity contribution in [3.05, 3.63) is 24.4 Å². The largest absolute Gasteiger partial charge is 0.354 e. The third-order valence-electron chi connectivity index (χ3n) is 2.89. The minimum atomic E-state index is -0.188. The lowest BCUT2D eigenvalue weighted by Crippen LogP contribution is -2.25. The molecular weight excluding hydrogens is 216 g/mol. The number of nitrogens with one attached hydrogen (secondary N) is 2. The zero-order valence-corrected chi connectivity index (χ0v) is 9.94. The first kappa shape index (κ1) is 11.8. The molecule has 1 aromatic rings. The van der Waals surface area contributed by atoms with Crippen molar-refractivity contribution in [1.29, 1.82) is 0 Å². The van der Waals surface area contributed by atoms with E-state index < -0.39 is 0 Å². The normalized spacial score (nSPS) is 16.5. The first-order valence-corrected chi connectivity index (χ1v) is 5.93. The second-order valence-electron chi connectivity index (χ2n) is 4.13. The van der Waals surface area contributed by atoms with Crippen molar-refractivity contribution in [2.45, 2.75) is 31.7 Å². The second kappa shape index (κ2) is 5.61. The maximum atomic E-state index is 11.4. The fourth-order valence-electron chi connectivity index (χ4n) is 1.94. The van der Waals surface area contributed by atoms with Crippen LogP contribution in [0.25, 0.3) is 0 Å². The minimum Gasteiger partial charge on any atom is -0.354 e. The molecule has 1 saturated carbocycles. The lowest BCUT2D eigenvalue weighted by atomic mass is 9.96. The molecule has 17 heavy (non-hydrogen) atoms. The maximum Gasteiger partial charge on any atom is 0.269 e. The summed E-state index contributed by atoms with van der Waals surface area (Å²) < 4.78 is 0. The van der Waals surface area contributed by atoms with E-state index in [1.54, 1.807) is 19.3 Å². The standard InChI is InChI=1S/C12H17N4O/c1-13-11(17)10-7-8-14-12(16-10)15-9-5-3-2-4-6-9/h2,7-9H,3-6H2,1H3,(H,13,17)(H,14,15,16). The zero-order valence-electron chi connectivity index (χ0n) is 9.94. The van der Waals surface area contributed by atoms with Crippen LogP contribution in [0.15, 0.2) is 12.3 Å². The van der Waals surface area contributed by atoms with E-state index in [1.165, 1.54) is 0 Å². The molecule has 0 spiro atoms. The van der Waals surface area contributed by atoms with Gasteiger partial charge in [-0.1, -0.05) is 0 Å². The summed E-state index contributed by atoms with van der Waals surface area (Å²) in [5.41, 5.74) is 0.396. The van der Waals surface area contributed by atoms with Crippen molar-refractivity contribution in [2.24, 2.45) is 0 Å². The van der Waals surface area contributed by atoms with E-state index in [2.05, 4.69) is 27.0 Å². The molecular formula is C12H17N4O. The average molecular weight is 233 g/mol. The van der Waals surface area contributed by atoms with Crippen LogP contribution in [-0.2, 0) is 0 Å². The number of hydrogen-bond donors (Lipinski definition) is 2. The van der Waals surface area contributed by atoms with Crippen LogP contribution in [0.1, 0.15) is 36.2 Å². The number of nitrogens with zero attached hydrogens (tertiary/aromatic N) is 2. The van der Waals surface area contributed by atoms with Gasteiger partial charge in [-0.3, -0.25) is 4.79 Å². The monoisotopic (exact) mass is 233 g/mol. The van der Waals surface area contributed by atoms with Crippen LogP contribution in [-0.4, -0.2) is 29.0 Å². The quantitative estimate of drug-likeness (QED) is 0.828. The highest BCUT2D eigenvalue weighted by molar-refractivity contribution is 5.92. The number of rotatable bonds is 3. The van der Waals surface area contributed by atoms with Gasteiger partial charge >= 0.3 is 0 Å². The van der Waals surface area contributed by atoms with Crippen LogP contribution < -0.4 is 10.6 Å².